The summed E-state index contributed by atoms with van der Waals surface area (Å²) in [5.41, 5.74) is 2.13. The van der Waals surface area contributed by atoms with Crippen molar-refractivity contribution in [3.63, 3.8) is 0 Å². The summed E-state index contributed by atoms with van der Waals surface area (Å²) >= 11 is 3.46. The summed E-state index contributed by atoms with van der Waals surface area (Å²) in [4.78, 5) is 0. The SMILES string of the molecule is Cc1ccc(C=NS(=O)C(C)(C)C)cc1Br. The predicted octanol–water partition coefficient (Wildman–Crippen LogP) is 3.64. The smallest absolute Gasteiger partial charge is 0.144 e. The Labute approximate surface area is 108 Å². The molecular weight excluding hydrogens is 286 g/mol. The Balaban J connectivity index is 2.85. The Morgan fingerprint density at radius 2 is 2.00 bits per heavy atom. The van der Waals surface area contributed by atoms with Crippen LogP contribution in [0.15, 0.2) is 27.1 Å². The van der Waals surface area contributed by atoms with Crippen LogP contribution in [0.4, 0.5) is 0 Å². The van der Waals surface area contributed by atoms with E-state index in [-0.39, 0.29) is 4.75 Å². The molecule has 0 fully saturated rings. The fraction of sp³-hybridized carbons (Fsp3) is 0.417. The van der Waals surface area contributed by atoms with Gasteiger partial charge in [-0.3, -0.25) is 0 Å². The molecule has 4 heteroatoms. The van der Waals surface area contributed by atoms with E-state index >= 15 is 0 Å². The molecule has 0 aliphatic carbocycles. The molecule has 0 aromatic heterocycles. The van der Waals surface area contributed by atoms with Crippen LogP contribution in [-0.4, -0.2) is 15.2 Å². The molecule has 1 aromatic rings. The van der Waals surface area contributed by atoms with E-state index in [1.807, 2.05) is 45.9 Å². The van der Waals surface area contributed by atoms with E-state index in [2.05, 4.69) is 20.3 Å². The quantitative estimate of drug-likeness (QED) is 0.767. The van der Waals surface area contributed by atoms with Gasteiger partial charge in [0.15, 0.2) is 0 Å². The summed E-state index contributed by atoms with van der Waals surface area (Å²) in [7, 11) is -1.20. The van der Waals surface area contributed by atoms with Gasteiger partial charge in [0, 0.05) is 10.7 Å². The Morgan fingerprint density at radius 1 is 1.38 bits per heavy atom. The molecule has 0 heterocycles. The number of aryl methyl sites for hydroxylation is 1. The molecule has 1 unspecified atom stereocenters. The number of nitrogens with zero attached hydrogens (tertiary/aromatic N) is 1. The molecule has 1 aromatic carbocycles. The van der Waals surface area contributed by atoms with Crippen molar-refractivity contribution in [2.45, 2.75) is 32.4 Å². The summed E-state index contributed by atoms with van der Waals surface area (Å²) < 4.78 is 16.5. The minimum Gasteiger partial charge on any atom is -0.234 e. The number of benzene rings is 1. The molecule has 0 spiro atoms. The standard InChI is InChI=1S/C12H16BrNOS/c1-9-5-6-10(7-11(9)13)8-14-16(15)12(2,3)4/h5-8H,1-4H3. The van der Waals surface area contributed by atoms with E-state index in [1.54, 1.807) is 6.21 Å². The van der Waals surface area contributed by atoms with Crippen LogP contribution in [0.1, 0.15) is 31.9 Å². The highest BCUT2D eigenvalue weighted by molar-refractivity contribution is 9.10. The van der Waals surface area contributed by atoms with Gasteiger partial charge in [-0.05, 0) is 44.9 Å². The Kier molecular flexibility index (Phi) is 4.44. The van der Waals surface area contributed by atoms with Gasteiger partial charge in [-0.2, -0.15) is 4.40 Å². The molecular formula is C12H16BrNOS. The van der Waals surface area contributed by atoms with Crippen molar-refractivity contribution in [2.75, 3.05) is 0 Å². The van der Waals surface area contributed by atoms with Crippen molar-refractivity contribution in [1.82, 2.24) is 0 Å². The molecule has 0 amide bonds. The first-order valence-corrected chi connectivity index (χ1v) is 6.93. The monoisotopic (exact) mass is 301 g/mol. The van der Waals surface area contributed by atoms with Crippen LogP contribution in [0.2, 0.25) is 0 Å². The molecule has 0 radical (unpaired) electrons. The van der Waals surface area contributed by atoms with Gasteiger partial charge in [-0.1, -0.05) is 28.1 Å². The summed E-state index contributed by atoms with van der Waals surface area (Å²) in [6.07, 6.45) is 1.66. The normalized spacial score (nSPS) is 14.3. The van der Waals surface area contributed by atoms with Gasteiger partial charge in [-0.25, -0.2) is 4.21 Å². The number of rotatable bonds is 2. The molecule has 88 valence electrons. The molecule has 0 N–H and O–H groups in total. The summed E-state index contributed by atoms with van der Waals surface area (Å²) in [6, 6.07) is 5.94. The van der Waals surface area contributed by atoms with Gasteiger partial charge in [0.25, 0.3) is 0 Å². The lowest BCUT2D eigenvalue weighted by molar-refractivity contribution is 0.651. The maximum absolute atomic E-state index is 11.7. The fourth-order valence-electron chi connectivity index (χ4n) is 0.956. The van der Waals surface area contributed by atoms with Crippen LogP contribution in [-0.2, 0) is 11.0 Å². The molecule has 1 rings (SSSR count). The van der Waals surface area contributed by atoms with Crippen LogP contribution in [0.3, 0.4) is 0 Å². The van der Waals surface area contributed by atoms with E-state index in [9.17, 15) is 4.21 Å². The van der Waals surface area contributed by atoms with Gasteiger partial charge < -0.3 is 0 Å². The zero-order valence-electron chi connectivity index (χ0n) is 9.95. The van der Waals surface area contributed by atoms with Gasteiger partial charge in [0.05, 0.1) is 4.75 Å². The van der Waals surface area contributed by atoms with Crippen molar-refractivity contribution >= 4 is 33.1 Å². The molecule has 2 nitrogen and oxygen atoms in total. The third kappa shape index (κ3) is 3.83. The van der Waals surface area contributed by atoms with Crippen molar-refractivity contribution in [2.24, 2.45) is 4.40 Å². The van der Waals surface area contributed by atoms with Gasteiger partial charge in [0.2, 0.25) is 0 Å². The summed E-state index contributed by atoms with van der Waals surface area (Å²) in [5, 5.41) is 0. The molecule has 0 saturated heterocycles. The number of hydrogen-bond donors (Lipinski definition) is 0. The van der Waals surface area contributed by atoms with E-state index in [0.717, 1.165) is 10.0 Å². The second-order valence-electron chi connectivity index (χ2n) is 4.60. The number of hydrogen-bond acceptors (Lipinski definition) is 1. The number of halogens is 1. The lowest BCUT2D eigenvalue weighted by Gasteiger charge is -2.12. The van der Waals surface area contributed by atoms with Crippen molar-refractivity contribution < 1.29 is 4.21 Å². The summed E-state index contributed by atoms with van der Waals surface area (Å²) in [5.74, 6) is 0. The topological polar surface area (TPSA) is 29.4 Å². The molecule has 0 bridgehead atoms. The molecule has 1 atom stereocenters. The van der Waals surface area contributed by atoms with Gasteiger partial charge >= 0.3 is 0 Å². The van der Waals surface area contributed by atoms with Crippen LogP contribution >= 0.6 is 15.9 Å². The van der Waals surface area contributed by atoms with E-state index in [0.29, 0.717) is 0 Å². The Bertz CT molecular complexity index is 435. The van der Waals surface area contributed by atoms with Crippen molar-refractivity contribution in [3.8, 4) is 0 Å². The molecule has 0 saturated carbocycles. The zero-order chi connectivity index (χ0) is 12.3. The van der Waals surface area contributed by atoms with E-state index in [4.69, 9.17) is 0 Å². The molecule has 16 heavy (non-hydrogen) atoms. The van der Waals surface area contributed by atoms with Crippen LogP contribution in [0.25, 0.3) is 0 Å². The third-order valence-electron chi connectivity index (χ3n) is 2.02. The van der Waals surface area contributed by atoms with E-state index < -0.39 is 11.0 Å². The lowest BCUT2D eigenvalue weighted by atomic mass is 10.2. The zero-order valence-corrected chi connectivity index (χ0v) is 12.4. The van der Waals surface area contributed by atoms with Gasteiger partial charge in [-0.15, -0.1) is 0 Å². The first kappa shape index (κ1) is 13.6. The first-order chi connectivity index (χ1) is 7.30. The molecule has 0 aliphatic rings. The second-order valence-corrected chi connectivity index (χ2v) is 7.39. The second kappa shape index (κ2) is 5.23. The first-order valence-electron chi connectivity index (χ1n) is 5.03. The highest BCUT2D eigenvalue weighted by Gasteiger charge is 2.17. The largest absolute Gasteiger partial charge is 0.234 e. The van der Waals surface area contributed by atoms with Crippen LogP contribution < -0.4 is 0 Å². The van der Waals surface area contributed by atoms with Crippen molar-refractivity contribution in [1.29, 1.82) is 0 Å². The third-order valence-corrected chi connectivity index (χ3v) is 4.22. The minimum atomic E-state index is -1.20. The van der Waals surface area contributed by atoms with Gasteiger partial charge in [0.1, 0.15) is 11.0 Å². The average Bonchev–Trinajstić information content (AvgIpc) is 2.18. The maximum atomic E-state index is 11.7. The maximum Gasteiger partial charge on any atom is 0.144 e. The highest BCUT2D eigenvalue weighted by atomic mass is 79.9. The molecule has 0 aliphatic heterocycles. The van der Waals surface area contributed by atoms with Crippen LogP contribution in [0.5, 0.6) is 0 Å². The lowest BCUT2D eigenvalue weighted by Crippen LogP contribution is -2.19. The van der Waals surface area contributed by atoms with Crippen LogP contribution in [0, 0.1) is 6.92 Å². The van der Waals surface area contributed by atoms with Crippen molar-refractivity contribution in [3.05, 3.63) is 33.8 Å². The predicted molar refractivity (Wildman–Crippen MR) is 74.4 cm³/mol. The highest BCUT2D eigenvalue weighted by Crippen LogP contribution is 2.17. The Morgan fingerprint density at radius 3 is 2.50 bits per heavy atom. The minimum absolute atomic E-state index is 0.307. The summed E-state index contributed by atoms with van der Waals surface area (Å²) in [6.45, 7) is 7.75. The average molecular weight is 302 g/mol. The fourth-order valence-corrected chi connectivity index (χ4v) is 1.89. The Hall–Kier alpha value is -0.480. The van der Waals surface area contributed by atoms with E-state index in [1.165, 1.54) is 5.56 Å².